The van der Waals surface area contributed by atoms with E-state index in [0.717, 1.165) is 38.5 Å². The van der Waals surface area contributed by atoms with Crippen LogP contribution < -0.4 is 0 Å². The van der Waals surface area contributed by atoms with Gasteiger partial charge in [0.25, 0.3) is 0 Å². The first-order chi connectivity index (χ1) is 13.2. The van der Waals surface area contributed by atoms with Crippen LogP contribution in [-0.2, 0) is 38.1 Å². The summed E-state index contributed by atoms with van der Waals surface area (Å²) >= 11 is 0. The Morgan fingerprint density at radius 1 is 0.679 bits per heavy atom. The van der Waals surface area contributed by atoms with Crippen LogP contribution in [0.4, 0.5) is 0 Å². The molecule has 0 N–H and O–H groups in total. The topological polar surface area (TPSA) is 105 Å². The van der Waals surface area contributed by atoms with Crippen molar-refractivity contribution in [3.8, 4) is 0 Å². The summed E-state index contributed by atoms with van der Waals surface area (Å²) in [6.45, 7) is 5.53. The monoisotopic (exact) mass is 402 g/mol. The van der Waals surface area contributed by atoms with Gasteiger partial charge in [-0.1, -0.05) is 25.7 Å². The number of carbonyl (C=O) groups excluding carboxylic acids is 4. The van der Waals surface area contributed by atoms with Crippen LogP contribution in [-0.4, -0.2) is 49.3 Å². The van der Waals surface area contributed by atoms with Crippen LogP contribution in [0, 0.1) is 0 Å². The van der Waals surface area contributed by atoms with Gasteiger partial charge in [-0.2, -0.15) is 0 Å². The van der Waals surface area contributed by atoms with Crippen LogP contribution in [0.1, 0.15) is 79.1 Å². The molecule has 8 heteroatoms. The average Bonchev–Trinajstić information content (AvgIpc) is 2.58. The molecule has 0 aliphatic heterocycles. The molecule has 1 atom stereocenters. The fourth-order valence-corrected chi connectivity index (χ4v) is 2.53. The van der Waals surface area contributed by atoms with E-state index < -0.39 is 24.0 Å². The van der Waals surface area contributed by atoms with E-state index in [0.29, 0.717) is 6.42 Å². The molecule has 28 heavy (non-hydrogen) atoms. The lowest BCUT2D eigenvalue weighted by molar-refractivity contribution is -0.165. The second-order valence-corrected chi connectivity index (χ2v) is 6.80. The van der Waals surface area contributed by atoms with Gasteiger partial charge in [-0.3, -0.25) is 19.2 Å². The zero-order valence-electron chi connectivity index (χ0n) is 17.5. The third-order valence-electron chi connectivity index (χ3n) is 3.85. The average molecular weight is 402 g/mol. The largest absolute Gasteiger partial charge is 0.463 e. The van der Waals surface area contributed by atoms with Crippen molar-refractivity contribution in [1.82, 2.24) is 0 Å². The number of unbranched alkanes of at least 4 members (excludes halogenated alkanes) is 5. The van der Waals surface area contributed by atoms with Crippen LogP contribution in [0.3, 0.4) is 0 Å². The van der Waals surface area contributed by atoms with E-state index in [1.165, 1.54) is 20.8 Å². The summed E-state index contributed by atoms with van der Waals surface area (Å²) < 4.78 is 19.9. The molecule has 1 unspecified atom stereocenters. The van der Waals surface area contributed by atoms with E-state index in [1.807, 2.05) is 6.92 Å². The minimum atomic E-state index is -0.792. The van der Waals surface area contributed by atoms with Crippen molar-refractivity contribution in [2.24, 2.45) is 0 Å². The first-order valence-electron chi connectivity index (χ1n) is 9.84. The lowest BCUT2D eigenvalue weighted by Gasteiger charge is -2.17. The fourth-order valence-electron chi connectivity index (χ4n) is 2.53. The number of esters is 4. The number of rotatable bonds is 15. The summed E-state index contributed by atoms with van der Waals surface area (Å²) in [7, 11) is 0. The quantitative estimate of drug-likeness (QED) is 0.234. The van der Waals surface area contributed by atoms with E-state index in [4.69, 9.17) is 18.9 Å². The second-order valence-electron chi connectivity index (χ2n) is 6.80. The van der Waals surface area contributed by atoms with E-state index in [2.05, 4.69) is 0 Å². The summed E-state index contributed by atoms with van der Waals surface area (Å²) in [5.41, 5.74) is 0. The van der Waals surface area contributed by atoms with Crippen molar-refractivity contribution in [2.45, 2.75) is 91.3 Å². The minimum Gasteiger partial charge on any atom is -0.463 e. The first-order valence-corrected chi connectivity index (χ1v) is 9.84. The molecule has 0 amide bonds. The van der Waals surface area contributed by atoms with Gasteiger partial charge in [-0.25, -0.2) is 0 Å². The summed E-state index contributed by atoms with van der Waals surface area (Å²) in [5, 5.41) is 0. The third-order valence-corrected chi connectivity index (χ3v) is 3.85. The molecule has 0 aromatic heterocycles. The number of hydrogen-bond acceptors (Lipinski definition) is 8. The first kappa shape index (κ1) is 25.9. The van der Waals surface area contributed by atoms with Crippen molar-refractivity contribution in [2.75, 3.05) is 13.2 Å². The highest BCUT2D eigenvalue weighted by Crippen LogP contribution is 2.12. The molecule has 0 heterocycles. The SMILES string of the molecule is CC(=O)OCC(COC(C)=O)OC(=O)CCCCCCCCC(C)OC(C)=O. The minimum absolute atomic E-state index is 0.0424. The highest BCUT2D eigenvalue weighted by atomic mass is 16.6. The Morgan fingerprint density at radius 2 is 1.18 bits per heavy atom. The van der Waals surface area contributed by atoms with E-state index >= 15 is 0 Å². The van der Waals surface area contributed by atoms with Gasteiger partial charge in [0.15, 0.2) is 6.10 Å². The van der Waals surface area contributed by atoms with Gasteiger partial charge in [-0.15, -0.1) is 0 Å². The number of carbonyl (C=O) groups is 4. The van der Waals surface area contributed by atoms with E-state index in [1.54, 1.807) is 0 Å². The molecule has 0 fully saturated rings. The molecule has 8 nitrogen and oxygen atoms in total. The standard InChI is InChI=1S/C20H34O8/c1-15(27-18(4)23)11-9-7-5-6-8-10-12-20(24)28-19(13-25-16(2)21)14-26-17(3)22/h15,19H,5-14H2,1-4H3. The summed E-state index contributed by atoms with van der Waals surface area (Å²) in [6.07, 6.45) is 6.04. The molecule has 162 valence electrons. The lowest BCUT2D eigenvalue weighted by atomic mass is 10.1. The van der Waals surface area contributed by atoms with E-state index in [9.17, 15) is 19.2 Å². The smallest absolute Gasteiger partial charge is 0.306 e. The van der Waals surface area contributed by atoms with Gasteiger partial charge in [0.1, 0.15) is 13.2 Å². The molecular formula is C20H34O8. The Bertz CT molecular complexity index is 471. The van der Waals surface area contributed by atoms with E-state index in [-0.39, 0.29) is 31.7 Å². The van der Waals surface area contributed by atoms with Crippen LogP contribution in [0.2, 0.25) is 0 Å². The number of ether oxygens (including phenoxy) is 4. The van der Waals surface area contributed by atoms with Crippen LogP contribution in [0.5, 0.6) is 0 Å². The molecule has 0 rings (SSSR count). The predicted octanol–water partition coefficient (Wildman–Crippen LogP) is 3.10. The molecule has 0 spiro atoms. The zero-order valence-corrected chi connectivity index (χ0v) is 17.5. The maximum atomic E-state index is 11.9. The Labute approximate surface area is 167 Å². The molecule has 0 aliphatic carbocycles. The Balaban J connectivity index is 3.82. The fraction of sp³-hybridized carbons (Fsp3) is 0.800. The van der Waals surface area contributed by atoms with Crippen LogP contribution in [0.25, 0.3) is 0 Å². The molecule has 0 aromatic carbocycles. The number of hydrogen-bond donors (Lipinski definition) is 0. The summed E-state index contributed by atoms with van der Waals surface area (Å²) in [4.78, 5) is 44.5. The van der Waals surface area contributed by atoms with Gasteiger partial charge >= 0.3 is 23.9 Å². The Hall–Kier alpha value is -2.12. The second kappa shape index (κ2) is 15.9. The Kier molecular flexibility index (Phi) is 14.7. The van der Waals surface area contributed by atoms with Crippen molar-refractivity contribution >= 4 is 23.9 Å². The molecule has 0 saturated heterocycles. The Morgan fingerprint density at radius 3 is 1.68 bits per heavy atom. The predicted molar refractivity (Wildman–Crippen MR) is 101 cm³/mol. The molecule has 0 saturated carbocycles. The molecular weight excluding hydrogens is 368 g/mol. The van der Waals surface area contributed by atoms with Crippen molar-refractivity contribution in [3.05, 3.63) is 0 Å². The van der Waals surface area contributed by atoms with Gasteiger partial charge < -0.3 is 18.9 Å². The zero-order chi connectivity index (χ0) is 21.4. The molecule has 0 bridgehead atoms. The maximum absolute atomic E-state index is 11.9. The van der Waals surface area contributed by atoms with Crippen molar-refractivity contribution in [3.63, 3.8) is 0 Å². The maximum Gasteiger partial charge on any atom is 0.306 e. The molecule has 0 aromatic rings. The van der Waals surface area contributed by atoms with Gasteiger partial charge in [0, 0.05) is 27.2 Å². The van der Waals surface area contributed by atoms with Crippen LogP contribution >= 0.6 is 0 Å². The van der Waals surface area contributed by atoms with Crippen LogP contribution in [0.15, 0.2) is 0 Å². The third kappa shape index (κ3) is 17.3. The highest BCUT2D eigenvalue weighted by molar-refractivity contribution is 5.70. The molecule has 0 aliphatic rings. The van der Waals surface area contributed by atoms with Gasteiger partial charge in [0.2, 0.25) is 0 Å². The van der Waals surface area contributed by atoms with Gasteiger partial charge in [0.05, 0.1) is 6.10 Å². The summed E-state index contributed by atoms with van der Waals surface area (Å²) in [6, 6.07) is 0. The summed E-state index contributed by atoms with van der Waals surface area (Å²) in [5.74, 6) is -1.64. The molecule has 0 radical (unpaired) electrons. The van der Waals surface area contributed by atoms with Gasteiger partial charge in [-0.05, 0) is 26.2 Å². The normalized spacial score (nSPS) is 11.6. The lowest BCUT2D eigenvalue weighted by Crippen LogP contribution is -2.30. The van der Waals surface area contributed by atoms with Crippen molar-refractivity contribution < 1.29 is 38.1 Å². The van der Waals surface area contributed by atoms with Crippen molar-refractivity contribution in [1.29, 1.82) is 0 Å². The highest BCUT2D eigenvalue weighted by Gasteiger charge is 2.17.